The first-order valence-corrected chi connectivity index (χ1v) is 6.05. The second kappa shape index (κ2) is 4.97. The van der Waals surface area contributed by atoms with Crippen LogP contribution in [0.2, 0.25) is 0 Å². The molecule has 0 atom stereocenters. The number of halogens is 3. The quantitative estimate of drug-likeness (QED) is 0.887. The van der Waals surface area contributed by atoms with Crippen LogP contribution in [0.1, 0.15) is 0 Å². The van der Waals surface area contributed by atoms with Crippen molar-refractivity contribution < 1.29 is 9.13 Å². The zero-order valence-corrected chi connectivity index (χ0v) is 11.5. The molecule has 7 heteroatoms. The van der Waals surface area contributed by atoms with Gasteiger partial charge in [0.05, 0.1) is 10.7 Å². The van der Waals surface area contributed by atoms with Gasteiger partial charge in [-0.2, -0.15) is 4.98 Å². The Morgan fingerprint density at radius 3 is 2.71 bits per heavy atom. The van der Waals surface area contributed by atoms with Gasteiger partial charge in [0.25, 0.3) is 0 Å². The van der Waals surface area contributed by atoms with Crippen molar-refractivity contribution >= 4 is 37.8 Å². The summed E-state index contributed by atoms with van der Waals surface area (Å²) in [5, 5.41) is 0. The van der Waals surface area contributed by atoms with E-state index >= 15 is 0 Å². The first-order chi connectivity index (χ1) is 8.04. The summed E-state index contributed by atoms with van der Waals surface area (Å²) in [4.78, 5) is 7.66. The highest BCUT2D eigenvalue weighted by Gasteiger charge is 2.07. The van der Waals surface area contributed by atoms with Crippen molar-refractivity contribution in [2.75, 3.05) is 5.73 Å². The highest BCUT2D eigenvalue weighted by Crippen LogP contribution is 2.29. The number of nitrogens with zero attached hydrogens (tertiary/aromatic N) is 2. The van der Waals surface area contributed by atoms with E-state index in [1.165, 1.54) is 18.3 Å². The fourth-order valence-corrected chi connectivity index (χ4v) is 1.85. The van der Waals surface area contributed by atoms with Gasteiger partial charge < -0.3 is 10.5 Å². The third-order valence-electron chi connectivity index (χ3n) is 1.78. The molecular weight excluding hydrogens is 357 g/mol. The molecule has 2 aromatic rings. The zero-order chi connectivity index (χ0) is 12.4. The average Bonchev–Trinajstić information content (AvgIpc) is 2.22. The van der Waals surface area contributed by atoms with E-state index in [1.807, 2.05) is 0 Å². The van der Waals surface area contributed by atoms with Crippen LogP contribution < -0.4 is 10.5 Å². The largest absolute Gasteiger partial charge is 0.438 e. The van der Waals surface area contributed by atoms with Crippen molar-refractivity contribution in [3.05, 3.63) is 39.2 Å². The van der Waals surface area contributed by atoms with Crippen LogP contribution in [0.3, 0.4) is 0 Å². The molecule has 2 N–H and O–H groups in total. The van der Waals surface area contributed by atoms with E-state index in [0.717, 1.165) is 0 Å². The van der Waals surface area contributed by atoms with Crippen molar-refractivity contribution in [3.63, 3.8) is 0 Å². The maximum Gasteiger partial charge on any atom is 0.238 e. The van der Waals surface area contributed by atoms with Crippen molar-refractivity contribution in [2.45, 2.75) is 0 Å². The summed E-state index contributed by atoms with van der Waals surface area (Å²) in [6.07, 6.45) is 1.46. The van der Waals surface area contributed by atoms with Gasteiger partial charge in [-0.1, -0.05) is 15.9 Å². The normalized spacial score (nSPS) is 10.3. The summed E-state index contributed by atoms with van der Waals surface area (Å²) >= 11 is 6.38. The zero-order valence-electron chi connectivity index (χ0n) is 8.32. The minimum Gasteiger partial charge on any atom is -0.438 e. The Bertz CT molecular complexity index is 545. The summed E-state index contributed by atoms with van der Waals surface area (Å²) < 4.78 is 19.6. The molecule has 1 aromatic heterocycles. The molecule has 1 aromatic carbocycles. The summed E-state index contributed by atoms with van der Waals surface area (Å²) in [6, 6.07) is 4.19. The molecule has 0 fully saturated rings. The van der Waals surface area contributed by atoms with Gasteiger partial charge in [-0.3, -0.25) is 0 Å². The number of hydrogen-bond acceptors (Lipinski definition) is 4. The number of nitrogens with two attached hydrogens (primary N) is 1. The van der Waals surface area contributed by atoms with Crippen LogP contribution >= 0.6 is 31.9 Å². The molecule has 0 aliphatic heterocycles. The molecule has 88 valence electrons. The standard InChI is InChI=1S/C10H6Br2FN3O/c11-5-1-6(13)3-7(2-5)17-9-8(12)4-15-10(14)16-9/h1-4H,(H2,14,15,16). The number of aromatic nitrogens is 2. The molecule has 17 heavy (non-hydrogen) atoms. The Morgan fingerprint density at radius 1 is 1.24 bits per heavy atom. The predicted molar refractivity (Wildman–Crippen MR) is 68.3 cm³/mol. The van der Waals surface area contributed by atoms with Crippen LogP contribution in [-0.4, -0.2) is 9.97 Å². The van der Waals surface area contributed by atoms with Crippen LogP contribution in [-0.2, 0) is 0 Å². The fraction of sp³-hybridized carbons (Fsp3) is 0. The lowest BCUT2D eigenvalue weighted by molar-refractivity contribution is 0.454. The number of anilines is 1. The Balaban J connectivity index is 2.34. The van der Waals surface area contributed by atoms with Gasteiger partial charge in [0, 0.05) is 10.5 Å². The highest BCUT2D eigenvalue weighted by molar-refractivity contribution is 9.10. The van der Waals surface area contributed by atoms with Crippen LogP contribution in [0, 0.1) is 5.82 Å². The molecule has 0 unspecified atom stereocenters. The van der Waals surface area contributed by atoms with Crippen LogP contribution in [0.15, 0.2) is 33.3 Å². The van der Waals surface area contributed by atoms with E-state index in [-0.39, 0.29) is 11.8 Å². The lowest BCUT2D eigenvalue weighted by Gasteiger charge is -2.07. The number of hydrogen-bond donors (Lipinski definition) is 1. The topological polar surface area (TPSA) is 61.0 Å². The molecule has 0 saturated carbocycles. The second-order valence-electron chi connectivity index (χ2n) is 3.09. The Kier molecular flexibility index (Phi) is 3.58. The molecule has 0 aliphatic rings. The molecule has 4 nitrogen and oxygen atoms in total. The third kappa shape index (κ3) is 3.13. The van der Waals surface area contributed by atoms with Gasteiger partial charge in [0.1, 0.15) is 11.6 Å². The number of nitrogen functional groups attached to an aromatic ring is 1. The molecule has 0 spiro atoms. The van der Waals surface area contributed by atoms with Gasteiger partial charge in [-0.15, -0.1) is 0 Å². The average molecular weight is 363 g/mol. The molecule has 0 bridgehead atoms. The minimum atomic E-state index is -0.410. The molecule has 0 radical (unpaired) electrons. The Labute approximate surface area is 113 Å². The van der Waals surface area contributed by atoms with Gasteiger partial charge in [0.15, 0.2) is 0 Å². The van der Waals surface area contributed by atoms with Gasteiger partial charge in [0.2, 0.25) is 11.8 Å². The monoisotopic (exact) mass is 361 g/mol. The SMILES string of the molecule is Nc1ncc(Br)c(Oc2cc(F)cc(Br)c2)n1. The van der Waals surface area contributed by atoms with Crippen LogP contribution in [0.25, 0.3) is 0 Å². The number of rotatable bonds is 2. The highest BCUT2D eigenvalue weighted by atomic mass is 79.9. The minimum absolute atomic E-state index is 0.0821. The van der Waals surface area contributed by atoms with E-state index in [1.54, 1.807) is 6.07 Å². The fourth-order valence-electron chi connectivity index (χ4n) is 1.13. The molecule has 0 saturated heterocycles. The van der Waals surface area contributed by atoms with Crippen molar-refractivity contribution in [1.82, 2.24) is 9.97 Å². The lowest BCUT2D eigenvalue weighted by atomic mass is 10.3. The molecule has 0 aliphatic carbocycles. The van der Waals surface area contributed by atoms with E-state index in [9.17, 15) is 4.39 Å². The Hall–Kier alpha value is -1.21. The van der Waals surface area contributed by atoms with E-state index in [4.69, 9.17) is 10.5 Å². The summed E-state index contributed by atoms with van der Waals surface area (Å²) in [5.74, 6) is 0.219. The molecular formula is C10H6Br2FN3O. The van der Waals surface area contributed by atoms with E-state index in [0.29, 0.717) is 14.7 Å². The van der Waals surface area contributed by atoms with Crippen molar-refractivity contribution in [1.29, 1.82) is 0 Å². The summed E-state index contributed by atoms with van der Waals surface area (Å²) in [5.41, 5.74) is 5.43. The Morgan fingerprint density at radius 2 is 2.00 bits per heavy atom. The van der Waals surface area contributed by atoms with Crippen molar-refractivity contribution in [3.8, 4) is 11.6 Å². The smallest absolute Gasteiger partial charge is 0.238 e. The molecule has 1 heterocycles. The first-order valence-electron chi connectivity index (χ1n) is 4.46. The van der Waals surface area contributed by atoms with Gasteiger partial charge in [-0.25, -0.2) is 9.37 Å². The van der Waals surface area contributed by atoms with E-state index in [2.05, 4.69) is 41.8 Å². The summed E-state index contributed by atoms with van der Waals surface area (Å²) in [7, 11) is 0. The molecule has 0 amide bonds. The lowest BCUT2D eigenvalue weighted by Crippen LogP contribution is -1.97. The first kappa shape index (κ1) is 12.3. The van der Waals surface area contributed by atoms with Gasteiger partial charge >= 0.3 is 0 Å². The third-order valence-corrected chi connectivity index (χ3v) is 2.78. The molecule has 2 rings (SSSR count). The number of benzene rings is 1. The van der Waals surface area contributed by atoms with E-state index < -0.39 is 5.82 Å². The van der Waals surface area contributed by atoms with Crippen molar-refractivity contribution in [2.24, 2.45) is 0 Å². The summed E-state index contributed by atoms with van der Waals surface area (Å²) in [6.45, 7) is 0. The van der Waals surface area contributed by atoms with Crippen LogP contribution in [0.4, 0.5) is 10.3 Å². The predicted octanol–water partition coefficient (Wildman–Crippen LogP) is 3.52. The second-order valence-corrected chi connectivity index (χ2v) is 4.86. The van der Waals surface area contributed by atoms with Crippen LogP contribution in [0.5, 0.6) is 11.6 Å². The van der Waals surface area contributed by atoms with Gasteiger partial charge in [-0.05, 0) is 28.1 Å². The maximum atomic E-state index is 13.1. The maximum absolute atomic E-state index is 13.1. The number of ether oxygens (including phenoxy) is 1.